The number of nitrogens with one attached hydrogen (secondary N) is 1. The molecule has 1 aromatic rings. The van der Waals surface area contributed by atoms with Crippen molar-refractivity contribution < 1.29 is 13.2 Å². The van der Waals surface area contributed by atoms with Gasteiger partial charge in [0.15, 0.2) is 0 Å². The number of carbonyl (C=O) groups is 1. The summed E-state index contributed by atoms with van der Waals surface area (Å²) in [6, 6.07) is 6.98. The van der Waals surface area contributed by atoms with Crippen LogP contribution in [0.5, 0.6) is 0 Å². The van der Waals surface area contributed by atoms with E-state index in [2.05, 4.69) is 5.32 Å². The number of nitrogens with two attached hydrogens (primary N) is 1. The van der Waals surface area contributed by atoms with Gasteiger partial charge in [0.2, 0.25) is 5.91 Å². The number of anilines is 1. The summed E-state index contributed by atoms with van der Waals surface area (Å²) in [6.07, 6.45) is 0.902. The van der Waals surface area contributed by atoms with E-state index in [0.717, 1.165) is 0 Å². The summed E-state index contributed by atoms with van der Waals surface area (Å²) in [5, 5.41) is 8.29. The molecule has 3 N–H and O–H groups in total. The smallest absolute Gasteiger partial charge is 0.276 e. The van der Waals surface area contributed by atoms with Crippen LogP contribution in [-0.2, 0) is 15.0 Å². The highest BCUT2D eigenvalue weighted by molar-refractivity contribution is 7.86. The number of piperidine rings is 1. The molecule has 20 heavy (non-hydrogen) atoms. The first-order chi connectivity index (χ1) is 9.38. The van der Waals surface area contributed by atoms with Crippen LogP contribution in [0.2, 0.25) is 5.02 Å². The number of halogens is 1. The summed E-state index contributed by atoms with van der Waals surface area (Å²) < 4.78 is 23.6. The van der Waals surface area contributed by atoms with Gasteiger partial charge in [-0.2, -0.15) is 12.7 Å². The lowest BCUT2D eigenvalue weighted by molar-refractivity contribution is -0.120. The molecular formula is C12H16ClN3O3S. The van der Waals surface area contributed by atoms with E-state index in [0.29, 0.717) is 23.6 Å². The van der Waals surface area contributed by atoms with Crippen molar-refractivity contribution >= 4 is 33.4 Å². The van der Waals surface area contributed by atoms with Gasteiger partial charge in [0, 0.05) is 19.0 Å². The molecule has 0 unspecified atom stereocenters. The molecule has 1 aliphatic rings. The van der Waals surface area contributed by atoms with Crippen molar-refractivity contribution in [1.82, 2.24) is 4.31 Å². The van der Waals surface area contributed by atoms with Gasteiger partial charge in [0.05, 0.1) is 10.7 Å². The Kier molecular flexibility index (Phi) is 4.64. The lowest BCUT2D eigenvalue weighted by atomic mass is 9.97. The summed E-state index contributed by atoms with van der Waals surface area (Å²) in [7, 11) is -3.66. The normalized spacial score (nSPS) is 17.9. The highest BCUT2D eigenvalue weighted by atomic mass is 35.5. The first-order valence-corrected chi connectivity index (χ1v) is 8.09. The second kappa shape index (κ2) is 6.09. The van der Waals surface area contributed by atoms with Gasteiger partial charge in [0.25, 0.3) is 10.2 Å². The minimum absolute atomic E-state index is 0.146. The largest absolute Gasteiger partial charge is 0.325 e. The number of benzene rings is 1. The maximum Gasteiger partial charge on any atom is 0.276 e. The molecule has 8 heteroatoms. The molecule has 0 atom stereocenters. The molecule has 2 rings (SSSR count). The van der Waals surface area contributed by atoms with Gasteiger partial charge in [-0.1, -0.05) is 23.7 Å². The van der Waals surface area contributed by atoms with Crippen LogP contribution in [0, 0.1) is 5.92 Å². The van der Waals surface area contributed by atoms with E-state index in [-0.39, 0.29) is 24.9 Å². The molecule has 0 saturated carbocycles. The van der Waals surface area contributed by atoms with Crippen LogP contribution in [-0.4, -0.2) is 31.7 Å². The third-order valence-electron chi connectivity index (χ3n) is 3.32. The van der Waals surface area contributed by atoms with Crippen LogP contribution in [0.4, 0.5) is 5.69 Å². The SMILES string of the molecule is NS(=O)(=O)N1CCC(C(=O)Nc2ccccc2Cl)CC1. The summed E-state index contributed by atoms with van der Waals surface area (Å²) in [5.41, 5.74) is 0.563. The predicted molar refractivity (Wildman–Crippen MR) is 77.5 cm³/mol. The molecule has 1 saturated heterocycles. The van der Waals surface area contributed by atoms with Crippen LogP contribution in [0.3, 0.4) is 0 Å². The molecule has 0 aliphatic carbocycles. The fourth-order valence-corrected chi connectivity index (χ4v) is 3.07. The molecule has 0 radical (unpaired) electrons. The quantitative estimate of drug-likeness (QED) is 0.877. The Morgan fingerprint density at radius 1 is 1.30 bits per heavy atom. The zero-order valence-electron chi connectivity index (χ0n) is 10.8. The van der Waals surface area contributed by atoms with Crippen molar-refractivity contribution in [2.75, 3.05) is 18.4 Å². The first-order valence-electron chi connectivity index (χ1n) is 6.21. The minimum Gasteiger partial charge on any atom is -0.325 e. The van der Waals surface area contributed by atoms with E-state index in [1.165, 1.54) is 4.31 Å². The highest BCUT2D eigenvalue weighted by Crippen LogP contribution is 2.24. The number of amides is 1. The Labute approximate surface area is 123 Å². The van der Waals surface area contributed by atoms with Crippen molar-refractivity contribution in [2.24, 2.45) is 11.1 Å². The molecule has 1 aliphatic heterocycles. The molecule has 0 bridgehead atoms. The number of para-hydroxylation sites is 1. The van der Waals surface area contributed by atoms with Crippen molar-refractivity contribution in [3.8, 4) is 0 Å². The number of nitrogens with zero attached hydrogens (tertiary/aromatic N) is 1. The van der Waals surface area contributed by atoms with Gasteiger partial charge in [-0.25, -0.2) is 5.14 Å². The molecular weight excluding hydrogens is 302 g/mol. The molecule has 6 nitrogen and oxygen atoms in total. The van der Waals surface area contributed by atoms with Crippen molar-refractivity contribution in [2.45, 2.75) is 12.8 Å². The fourth-order valence-electron chi connectivity index (χ4n) is 2.17. The van der Waals surface area contributed by atoms with Crippen LogP contribution in [0.1, 0.15) is 12.8 Å². The van der Waals surface area contributed by atoms with Gasteiger partial charge in [-0.3, -0.25) is 4.79 Å². The van der Waals surface area contributed by atoms with Crippen LogP contribution < -0.4 is 10.5 Å². The van der Waals surface area contributed by atoms with E-state index in [4.69, 9.17) is 16.7 Å². The predicted octanol–water partition coefficient (Wildman–Crippen LogP) is 1.19. The minimum atomic E-state index is -3.66. The van der Waals surface area contributed by atoms with Crippen LogP contribution in [0.15, 0.2) is 24.3 Å². The molecule has 1 aromatic carbocycles. The fraction of sp³-hybridized carbons (Fsp3) is 0.417. The standard InChI is InChI=1S/C12H16ClN3O3S/c13-10-3-1-2-4-11(10)15-12(17)9-5-7-16(8-6-9)20(14,18)19/h1-4,9H,5-8H2,(H,15,17)(H2,14,18,19). The summed E-state index contributed by atoms with van der Waals surface area (Å²) in [6.45, 7) is 0.527. The molecule has 110 valence electrons. The Hall–Kier alpha value is -1.15. The molecule has 1 fully saturated rings. The Bertz CT molecular complexity index is 598. The lowest BCUT2D eigenvalue weighted by Gasteiger charge is -2.29. The Balaban J connectivity index is 1.94. The van der Waals surface area contributed by atoms with Gasteiger partial charge in [-0.05, 0) is 25.0 Å². The van der Waals surface area contributed by atoms with E-state index in [1.54, 1.807) is 24.3 Å². The number of hydrogen-bond donors (Lipinski definition) is 2. The summed E-state index contributed by atoms with van der Waals surface area (Å²) in [4.78, 5) is 12.1. The lowest BCUT2D eigenvalue weighted by Crippen LogP contribution is -2.44. The second-order valence-electron chi connectivity index (χ2n) is 4.69. The zero-order valence-corrected chi connectivity index (χ0v) is 12.3. The average molecular weight is 318 g/mol. The van der Waals surface area contributed by atoms with Gasteiger partial charge in [0.1, 0.15) is 0 Å². The maximum atomic E-state index is 12.1. The first kappa shape index (κ1) is 15.2. The molecule has 0 spiro atoms. The van der Waals surface area contributed by atoms with E-state index >= 15 is 0 Å². The molecule has 1 amide bonds. The van der Waals surface area contributed by atoms with E-state index < -0.39 is 10.2 Å². The van der Waals surface area contributed by atoms with Crippen molar-refractivity contribution in [1.29, 1.82) is 0 Å². The second-order valence-corrected chi connectivity index (χ2v) is 6.64. The van der Waals surface area contributed by atoms with Crippen LogP contribution in [0.25, 0.3) is 0 Å². The highest BCUT2D eigenvalue weighted by Gasteiger charge is 2.29. The Morgan fingerprint density at radius 2 is 1.90 bits per heavy atom. The third kappa shape index (κ3) is 3.69. The van der Waals surface area contributed by atoms with Gasteiger partial charge >= 0.3 is 0 Å². The van der Waals surface area contributed by atoms with E-state index in [1.807, 2.05) is 0 Å². The monoisotopic (exact) mass is 317 g/mol. The number of carbonyl (C=O) groups excluding carboxylic acids is 1. The topological polar surface area (TPSA) is 92.5 Å². The van der Waals surface area contributed by atoms with Gasteiger partial charge < -0.3 is 5.32 Å². The summed E-state index contributed by atoms with van der Waals surface area (Å²) in [5.74, 6) is -0.378. The maximum absolute atomic E-state index is 12.1. The van der Waals surface area contributed by atoms with Gasteiger partial charge in [-0.15, -0.1) is 0 Å². The molecule has 1 heterocycles. The average Bonchev–Trinajstić information content (AvgIpc) is 2.40. The zero-order chi connectivity index (χ0) is 14.8. The number of hydrogen-bond acceptors (Lipinski definition) is 3. The van der Waals surface area contributed by atoms with Crippen molar-refractivity contribution in [3.63, 3.8) is 0 Å². The third-order valence-corrected chi connectivity index (χ3v) is 4.73. The van der Waals surface area contributed by atoms with Crippen LogP contribution >= 0.6 is 11.6 Å². The summed E-state index contributed by atoms with van der Waals surface area (Å²) >= 11 is 5.97. The van der Waals surface area contributed by atoms with E-state index in [9.17, 15) is 13.2 Å². The number of rotatable bonds is 3. The Morgan fingerprint density at radius 3 is 2.45 bits per heavy atom. The molecule has 0 aromatic heterocycles. The van der Waals surface area contributed by atoms with Crippen molar-refractivity contribution in [3.05, 3.63) is 29.3 Å².